The van der Waals surface area contributed by atoms with Crippen LogP contribution in [0.2, 0.25) is 0 Å². The molecule has 2 rings (SSSR count). The highest BCUT2D eigenvalue weighted by atomic mass is 16.5. The highest BCUT2D eigenvalue weighted by Gasteiger charge is 1.95. The highest BCUT2D eigenvalue weighted by molar-refractivity contribution is 5.44. The van der Waals surface area contributed by atoms with Crippen molar-refractivity contribution in [2.45, 2.75) is 52.4 Å². The van der Waals surface area contributed by atoms with E-state index in [9.17, 15) is 0 Å². The predicted molar refractivity (Wildman–Crippen MR) is 102 cm³/mol. The van der Waals surface area contributed by atoms with Crippen LogP contribution in [0.4, 0.5) is 0 Å². The largest absolute Gasteiger partial charge is 0.494 e. The van der Waals surface area contributed by atoms with Crippen LogP contribution in [0.15, 0.2) is 48.5 Å². The van der Waals surface area contributed by atoms with E-state index >= 15 is 0 Å². The van der Waals surface area contributed by atoms with Crippen LogP contribution in [-0.4, -0.2) is 6.61 Å². The first kappa shape index (κ1) is 18.1. The summed E-state index contributed by atoms with van der Waals surface area (Å²) in [5.74, 6) is 7.38. The standard InChI is InChI=1S/C23H28O/c1-3-5-7-8-20-9-11-21(12-10-20)13-14-22-15-17-23(18-16-22)24-19-6-4-2/h9-12,15-18H,3-8,19H2,1-2H3. The highest BCUT2D eigenvalue weighted by Crippen LogP contribution is 2.13. The summed E-state index contributed by atoms with van der Waals surface area (Å²) >= 11 is 0. The summed E-state index contributed by atoms with van der Waals surface area (Å²) in [6, 6.07) is 16.7. The number of ether oxygens (including phenoxy) is 1. The van der Waals surface area contributed by atoms with Crippen molar-refractivity contribution < 1.29 is 4.74 Å². The maximum Gasteiger partial charge on any atom is 0.119 e. The van der Waals surface area contributed by atoms with Gasteiger partial charge in [0.25, 0.3) is 0 Å². The van der Waals surface area contributed by atoms with Gasteiger partial charge in [0, 0.05) is 11.1 Å². The Balaban J connectivity index is 1.89. The van der Waals surface area contributed by atoms with E-state index in [1.807, 2.05) is 24.3 Å². The molecule has 24 heavy (non-hydrogen) atoms. The summed E-state index contributed by atoms with van der Waals surface area (Å²) in [5.41, 5.74) is 3.49. The van der Waals surface area contributed by atoms with Crippen LogP contribution in [0.5, 0.6) is 5.75 Å². The Morgan fingerprint density at radius 3 is 1.88 bits per heavy atom. The Labute approximate surface area is 147 Å². The molecular formula is C23H28O. The Bertz CT molecular complexity index is 584. The second-order valence-corrected chi connectivity index (χ2v) is 6.13. The first-order valence-corrected chi connectivity index (χ1v) is 9.15. The predicted octanol–water partition coefficient (Wildman–Crippen LogP) is 6.00. The van der Waals surface area contributed by atoms with Crippen LogP contribution >= 0.6 is 0 Å². The van der Waals surface area contributed by atoms with Gasteiger partial charge in [-0.15, -0.1) is 0 Å². The monoisotopic (exact) mass is 320 g/mol. The first-order chi connectivity index (χ1) is 11.8. The van der Waals surface area contributed by atoms with Gasteiger partial charge in [0.05, 0.1) is 6.61 Å². The number of hydrogen-bond donors (Lipinski definition) is 0. The maximum absolute atomic E-state index is 5.67. The van der Waals surface area contributed by atoms with E-state index < -0.39 is 0 Å². The van der Waals surface area contributed by atoms with Crippen LogP contribution in [0.1, 0.15) is 62.6 Å². The molecule has 0 saturated carbocycles. The smallest absolute Gasteiger partial charge is 0.119 e. The number of hydrogen-bond acceptors (Lipinski definition) is 1. The van der Waals surface area contributed by atoms with Gasteiger partial charge in [-0.2, -0.15) is 0 Å². The van der Waals surface area contributed by atoms with Crippen LogP contribution < -0.4 is 4.74 Å². The SMILES string of the molecule is CCCCCc1ccc(C#Cc2ccc(OCCCC)cc2)cc1. The zero-order valence-electron chi connectivity index (χ0n) is 15.0. The van der Waals surface area contributed by atoms with E-state index in [1.54, 1.807) is 0 Å². The summed E-state index contributed by atoms with van der Waals surface area (Å²) in [5, 5.41) is 0. The lowest BCUT2D eigenvalue weighted by molar-refractivity contribution is 0.309. The molecule has 2 aromatic carbocycles. The average molecular weight is 320 g/mol. The van der Waals surface area contributed by atoms with E-state index in [2.05, 4.69) is 50.0 Å². The molecule has 126 valence electrons. The molecule has 0 fully saturated rings. The fourth-order valence-electron chi connectivity index (χ4n) is 2.45. The topological polar surface area (TPSA) is 9.23 Å². The molecule has 0 saturated heterocycles. The molecule has 0 aliphatic carbocycles. The minimum atomic E-state index is 0.784. The van der Waals surface area contributed by atoms with Gasteiger partial charge in [-0.25, -0.2) is 0 Å². The first-order valence-electron chi connectivity index (χ1n) is 9.15. The van der Waals surface area contributed by atoms with Crippen molar-refractivity contribution in [3.63, 3.8) is 0 Å². The van der Waals surface area contributed by atoms with Crippen LogP contribution in [-0.2, 0) is 6.42 Å². The van der Waals surface area contributed by atoms with Crippen molar-refractivity contribution in [1.82, 2.24) is 0 Å². The third kappa shape index (κ3) is 6.50. The number of unbranched alkanes of at least 4 members (excludes halogenated alkanes) is 3. The van der Waals surface area contributed by atoms with E-state index in [0.717, 1.165) is 36.3 Å². The van der Waals surface area contributed by atoms with Gasteiger partial charge in [-0.1, -0.05) is 57.1 Å². The molecule has 0 aliphatic rings. The molecule has 0 atom stereocenters. The van der Waals surface area contributed by atoms with Crippen LogP contribution in [0.25, 0.3) is 0 Å². The van der Waals surface area contributed by atoms with Gasteiger partial charge in [0.2, 0.25) is 0 Å². The fourth-order valence-corrected chi connectivity index (χ4v) is 2.45. The number of aryl methyl sites for hydroxylation is 1. The summed E-state index contributed by atoms with van der Waals surface area (Å²) in [7, 11) is 0. The fraction of sp³-hybridized carbons (Fsp3) is 0.391. The third-order valence-corrected chi connectivity index (χ3v) is 4.00. The molecule has 1 nitrogen and oxygen atoms in total. The van der Waals surface area contributed by atoms with Crippen molar-refractivity contribution in [1.29, 1.82) is 0 Å². The van der Waals surface area contributed by atoms with E-state index in [4.69, 9.17) is 4.74 Å². The van der Waals surface area contributed by atoms with Gasteiger partial charge in [-0.3, -0.25) is 0 Å². The van der Waals surface area contributed by atoms with Gasteiger partial charge < -0.3 is 4.74 Å². The molecule has 0 unspecified atom stereocenters. The molecule has 0 heterocycles. The van der Waals surface area contributed by atoms with Crippen molar-refractivity contribution >= 4 is 0 Å². The van der Waals surface area contributed by atoms with Gasteiger partial charge in [-0.05, 0) is 61.2 Å². The summed E-state index contributed by atoms with van der Waals surface area (Å²) in [4.78, 5) is 0. The summed E-state index contributed by atoms with van der Waals surface area (Å²) in [6.07, 6.45) is 7.26. The number of rotatable bonds is 8. The molecule has 2 aromatic rings. The lowest BCUT2D eigenvalue weighted by Crippen LogP contribution is -1.95. The Kier molecular flexibility index (Phi) is 7.98. The van der Waals surface area contributed by atoms with Gasteiger partial charge in [0.1, 0.15) is 5.75 Å². The molecule has 0 spiro atoms. The minimum absolute atomic E-state index is 0.784. The van der Waals surface area contributed by atoms with Gasteiger partial charge in [0.15, 0.2) is 0 Å². The molecule has 0 radical (unpaired) electrons. The minimum Gasteiger partial charge on any atom is -0.494 e. The van der Waals surface area contributed by atoms with Crippen molar-refractivity contribution in [3.8, 4) is 17.6 Å². The second kappa shape index (κ2) is 10.6. The summed E-state index contributed by atoms with van der Waals surface area (Å²) in [6.45, 7) is 5.19. The molecule has 1 heteroatoms. The second-order valence-electron chi connectivity index (χ2n) is 6.13. The normalized spacial score (nSPS) is 10.1. The number of benzene rings is 2. The molecule has 0 N–H and O–H groups in total. The molecular weight excluding hydrogens is 292 g/mol. The average Bonchev–Trinajstić information content (AvgIpc) is 2.63. The zero-order chi connectivity index (χ0) is 17.0. The quantitative estimate of drug-likeness (QED) is 0.428. The van der Waals surface area contributed by atoms with E-state index in [1.165, 1.54) is 31.2 Å². The Morgan fingerprint density at radius 2 is 1.29 bits per heavy atom. The van der Waals surface area contributed by atoms with E-state index in [0.29, 0.717) is 0 Å². The zero-order valence-corrected chi connectivity index (χ0v) is 15.0. The van der Waals surface area contributed by atoms with Crippen LogP contribution in [0, 0.1) is 11.8 Å². The third-order valence-electron chi connectivity index (χ3n) is 4.00. The maximum atomic E-state index is 5.67. The van der Waals surface area contributed by atoms with Crippen molar-refractivity contribution in [2.75, 3.05) is 6.61 Å². The molecule has 0 amide bonds. The molecule has 0 aliphatic heterocycles. The molecule has 0 aromatic heterocycles. The molecule has 0 bridgehead atoms. The summed E-state index contributed by atoms with van der Waals surface area (Å²) < 4.78 is 5.67. The lowest BCUT2D eigenvalue weighted by Gasteiger charge is -2.04. The van der Waals surface area contributed by atoms with Crippen LogP contribution in [0.3, 0.4) is 0 Å². The van der Waals surface area contributed by atoms with Crippen molar-refractivity contribution in [3.05, 3.63) is 65.2 Å². The lowest BCUT2D eigenvalue weighted by atomic mass is 10.1. The van der Waals surface area contributed by atoms with Gasteiger partial charge >= 0.3 is 0 Å². The Morgan fingerprint density at radius 1 is 0.708 bits per heavy atom. The van der Waals surface area contributed by atoms with E-state index in [-0.39, 0.29) is 0 Å². The Hall–Kier alpha value is -2.20. The van der Waals surface area contributed by atoms with Crippen molar-refractivity contribution in [2.24, 2.45) is 0 Å².